The van der Waals surface area contributed by atoms with Gasteiger partial charge in [-0.3, -0.25) is 0 Å². The van der Waals surface area contributed by atoms with Crippen LogP contribution in [0.25, 0.3) is 54.8 Å². The van der Waals surface area contributed by atoms with Crippen molar-refractivity contribution >= 4 is 32.6 Å². The summed E-state index contributed by atoms with van der Waals surface area (Å²) in [5.74, 6) is 0. The summed E-state index contributed by atoms with van der Waals surface area (Å²) >= 11 is 0. The molecule has 1 N–H and O–H groups in total. The summed E-state index contributed by atoms with van der Waals surface area (Å²) in [6.07, 6.45) is 0. The normalized spacial score (nSPS) is 14.2. The van der Waals surface area contributed by atoms with Crippen molar-refractivity contribution in [3.05, 3.63) is 108 Å². The maximum absolute atomic E-state index is 3.65. The van der Waals surface area contributed by atoms with E-state index in [1.165, 1.54) is 66.0 Å². The molecular weight excluding hydrogens is 386 g/mol. The Bertz CT molecular complexity index is 1680. The Hall–Kier alpha value is -3.84. The van der Waals surface area contributed by atoms with Gasteiger partial charge in [-0.2, -0.15) is 0 Å². The van der Waals surface area contributed by atoms with E-state index in [-0.39, 0.29) is 5.41 Å². The largest absolute Gasteiger partial charge is 0.354 e. The van der Waals surface area contributed by atoms with Crippen LogP contribution in [0.15, 0.2) is 97.1 Å². The van der Waals surface area contributed by atoms with E-state index in [9.17, 15) is 0 Å². The number of aromatic amines is 1. The molecule has 0 fully saturated rings. The van der Waals surface area contributed by atoms with Crippen LogP contribution in [0, 0.1) is 0 Å². The molecule has 1 aliphatic carbocycles. The highest BCUT2D eigenvalue weighted by Gasteiger charge is 2.36. The van der Waals surface area contributed by atoms with Crippen molar-refractivity contribution in [2.75, 3.05) is 0 Å². The minimum absolute atomic E-state index is 0.0135. The van der Waals surface area contributed by atoms with E-state index in [2.05, 4.69) is 116 Å². The van der Waals surface area contributed by atoms with Gasteiger partial charge in [0, 0.05) is 27.2 Å². The van der Waals surface area contributed by atoms with Crippen molar-refractivity contribution in [1.29, 1.82) is 0 Å². The Morgan fingerprint density at radius 3 is 2.22 bits per heavy atom. The van der Waals surface area contributed by atoms with Gasteiger partial charge < -0.3 is 4.98 Å². The monoisotopic (exact) mass is 409 g/mol. The second-order valence-electron chi connectivity index (χ2n) is 9.53. The third-order valence-electron chi connectivity index (χ3n) is 7.36. The van der Waals surface area contributed by atoms with Crippen LogP contribution in [0.3, 0.4) is 0 Å². The zero-order valence-corrected chi connectivity index (χ0v) is 18.2. The van der Waals surface area contributed by atoms with E-state index in [1.54, 1.807) is 0 Å². The van der Waals surface area contributed by atoms with Gasteiger partial charge in [0.05, 0.1) is 0 Å². The highest BCUT2D eigenvalue weighted by Crippen LogP contribution is 2.51. The van der Waals surface area contributed by atoms with Crippen molar-refractivity contribution in [2.24, 2.45) is 0 Å². The summed E-state index contributed by atoms with van der Waals surface area (Å²) in [4.78, 5) is 3.65. The summed E-state index contributed by atoms with van der Waals surface area (Å²) < 4.78 is 0. The van der Waals surface area contributed by atoms with Crippen molar-refractivity contribution < 1.29 is 0 Å². The van der Waals surface area contributed by atoms with E-state index in [4.69, 9.17) is 0 Å². The van der Waals surface area contributed by atoms with Crippen LogP contribution in [0.2, 0.25) is 0 Å². The lowest BCUT2D eigenvalue weighted by atomic mass is 9.80. The van der Waals surface area contributed by atoms with Gasteiger partial charge >= 0.3 is 0 Å². The molecule has 1 heterocycles. The van der Waals surface area contributed by atoms with Gasteiger partial charge in [-0.1, -0.05) is 86.6 Å². The Labute approximate surface area is 187 Å². The zero-order valence-electron chi connectivity index (χ0n) is 18.2. The first kappa shape index (κ1) is 17.8. The second-order valence-corrected chi connectivity index (χ2v) is 9.53. The molecule has 7 rings (SSSR count). The second kappa shape index (κ2) is 6.11. The van der Waals surface area contributed by atoms with Gasteiger partial charge in [0.1, 0.15) is 0 Å². The molecule has 0 unspecified atom stereocenters. The van der Waals surface area contributed by atoms with Crippen LogP contribution in [0.5, 0.6) is 0 Å². The highest BCUT2D eigenvalue weighted by atomic mass is 14.7. The van der Waals surface area contributed by atoms with Gasteiger partial charge in [0.25, 0.3) is 0 Å². The average molecular weight is 410 g/mol. The number of nitrogens with one attached hydrogen (secondary N) is 1. The van der Waals surface area contributed by atoms with Gasteiger partial charge in [0.15, 0.2) is 0 Å². The number of hydrogen-bond donors (Lipinski definition) is 1. The fraction of sp³-hybridized carbons (Fsp3) is 0.0968. The SMILES string of the molecule is CC1(C)c2ccccc2-c2ccc3cc4[nH]c5ccc(-c6ccccc6)cc5c4cc3c21. The summed E-state index contributed by atoms with van der Waals surface area (Å²) in [6, 6.07) is 35.6. The first-order valence-corrected chi connectivity index (χ1v) is 11.3. The summed E-state index contributed by atoms with van der Waals surface area (Å²) in [5.41, 5.74) is 10.5. The number of rotatable bonds is 1. The van der Waals surface area contributed by atoms with Gasteiger partial charge in [-0.25, -0.2) is 0 Å². The summed E-state index contributed by atoms with van der Waals surface area (Å²) in [6.45, 7) is 4.73. The lowest BCUT2D eigenvalue weighted by molar-refractivity contribution is 0.666. The maximum Gasteiger partial charge on any atom is 0.0471 e. The van der Waals surface area contributed by atoms with Crippen LogP contribution in [-0.4, -0.2) is 4.98 Å². The molecule has 1 aromatic heterocycles. The molecule has 0 aliphatic heterocycles. The van der Waals surface area contributed by atoms with Crippen LogP contribution in [0.1, 0.15) is 25.0 Å². The molecular formula is C31H23N. The number of H-pyrrole nitrogens is 1. The third-order valence-corrected chi connectivity index (χ3v) is 7.36. The van der Waals surface area contributed by atoms with E-state index >= 15 is 0 Å². The first-order valence-electron chi connectivity index (χ1n) is 11.3. The molecule has 152 valence electrons. The van der Waals surface area contributed by atoms with Crippen LogP contribution < -0.4 is 0 Å². The van der Waals surface area contributed by atoms with Crippen molar-refractivity contribution in [1.82, 2.24) is 4.98 Å². The average Bonchev–Trinajstić information content (AvgIpc) is 3.30. The molecule has 0 amide bonds. The molecule has 0 atom stereocenters. The van der Waals surface area contributed by atoms with Gasteiger partial charge in [0.2, 0.25) is 0 Å². The Morgan fingerprint density at radius 2 is 1.34 bits per heavy atom. The number of aromatic nitrogens is 1. The smallest absolute Gasteiger partial charge is 0.0471 e. The Morgan fingerprint density at radius 1 is 0.562 bits per heavy atom. The zero-order chi connectivity index (χ0) is 21.4. The predicted molar refractivity (Wildman–Crippen MR) is 136 cm³/mol. The molecule has 32 heavy (non-hydrogen) atoms. The van der Waals surface area contributed by atoms with Crippen molar-refractivity contribution in [3.63, 3.8) is 0 Å². The third kappa shape index (κ3) is 2.28. The molecule has 1 nitrogen and oxygen atoms in total. The molecule has 0 spiro atoms. The highest BCUT2D eigenvalue weighted by molar-refractivity contribution is 6.14. The topological polar surface area (TPSA) is 15.8 Å². The van der Waals surface area contributed by atoms with Crippen molar-refractivity contribution in [2.45, 2.75) is 19.3 Å². The molecule has 1 heteroatoms. The van der Waals surface area contributed by atoms with Crippen LogP contribution in [-0.2, 0) is 5.41 Å². The molecule has 0 saturated heterocycles. The minimum atomic E-state index is -0.0135. The molecule has 0 bridgehead atoms. The quantitative estimate of drug-likeness (QED) is 0.280. The number of hydrogen-bond acceptors (Lipinski definition) is 0. The standard InChI is InChI=1S/C31H23N/c1-31(2)27-11-7-6-10-22(27)23-14-12-21-17-29-26(18-24(21)30(23)31)25-16-20(13-15-28(25)32-29)19-8-4-3-5-9-19/h3-18,32H,1-2H3. The van der Waals surface area contributed by atoms with Crippen LogP contribution in [0.4, 0.5) is 0 Å². The molecule has 1 aliphatic rings. The van der Waals surface area contributed by atoms with E-state index in [1.807, 2.05) is 0 Å². The van der Waals surface area contributed by atoms with E-state index in [0.29, 0.717) is 0 Å². The Kier molecular flexibility index (Phi) is 3.40. The van der Waals surface area contributed by atoms with E-state index < -0.39 is 0 Å². The predicted octanol–water partition coefficient (Wildman–Crippen LogP) is 8.45. The van der Waals surface area contributed by atoms with Gasteiger partial charge in [-0.05, 0) is 68.4 Å². The summed E-state index contributed by atoms with van der Waals surface area (Å²) in [5, 5.41) is 5.24. The van der Waals surface area contributed by atoms with Crippen molar-refractivity contribution in [3.8, 4) is 22.3 Å². The lowest BCUT2D eigenvalue weighted by Gasteiger charge is -2.23. The van der Waals surface area contributed by atoms with Gasteiger partial charge in [-0.15, -0.1) is 0 Å². The Balaban J connectivity index is 1.55. The number of fused-ring (bicyclic) bond motifs is 8. The summed E-state index contributed by atoms with van der Waals surface area (Å²) in [7, 11) is 0. The van der Waals surface area contributed by atoms with E-state index in [0.717, 1.165) is 0 Å². The first-order chi connectivity index (χ1) is 15.6. The fourth-order valence-electron chi connectivity index (χ4n) is 5.83. The number of benzene rings is 5. The lowest BCUT2D eigenvalue weighted by Crippen LogP contribution is -2.15. The van der Waals surface area contributed by atoms with Crippen LogP contribution >= 0.6 is 0 Å². The maximum atomic E-state index is 3.65. The molecule has 6 aromatic rings. The molecule has 0 saturated carbocycles. The molecule has 0 radical (unpaired) electrons. The fourth-order valence-corrected chi connectivity index (χ4v) is 5.83. The minimum Gasteiger partial charge on any atom is -0.354 e. The molecule has 5 aromatic carbocycles.